The number of rotatable bonds is 3. The van der Waals surface area contributed by atoms with Crippen LogP contribution in [0.25, 0.3) is 0 Å². The molecule has 0 aliphatic heterocycles. The van der Waals surface area contributed by atoms with Crippen molar-refractivity contribution in [3.8, 4) is 0 Å². The van der Waals surface area contributed by atoms with Crippen molar-refractivity contribution in [3.05, 3.63) is 11.6 Å². The first kappa shape index (κ1) is 8.65. The molecule has 0 saturated heterocycles. The molecule has 0 aliphatic carbocycles. The number of hydrogen-bond donors (Lipinski definition) is 2. The highest BCUT2D eigenvalue weighted by atomic mass is 32.2. The van der Waals surface area contributed by atoms with Crippen molar-refractivity contribution in [2.75, 3.05) is 0 Å². The number of aliphatic hydroxyl groups is 1. The SMILES string of the molecule is C=C(N=N)SC(C)(C)O. The van der Waals surface area contributed by atoms with E-state index in [-0.39, 0.29) is 0 Å². The van der Waals surface area contributed by atoms with Crippen LogP contribution in [-0.2, 0) is 0 Å². The van der Waals surface area contributed by atoms with E-state index in [1.165, 1.54) is 0 Å². The fraction of sp³-hybridized carbons (Fsp3) is 0.600. The molecule has 0 radical (unpaired) electrons. The Hall–Kier alpha value is -0.350. The summed E-state index contributed by atoms with van der Waals surface area (Å²) < 4.78 is 0. The second kappa shape index (κ2) is 2.98. The highest BCUT2D eigenvalue weighted by Crippen LogP contribution is 2.27. The van der Waals surface area contributed by atoms with Crippen LogP contribution < -0.4 is 0 Å². The van der Waals surface area contributed by atoms with Crippen LogP contribution in [0.15, 0.2) is 16.7 Å². The van der Waals surface area contributed by atoms with Gasteiger partial charge in [0.25, 0.3) is 0 Å². The van der Waals surface area contributed by atoms with E-state index in [9.17, 15) is 0 Å². The lowest BCUT2D eigenvalue weighted by Gasteiger charge is -2.14. The Labute approximate surface area is 58.7 Å². The van der Waals surface area contributed by atoms with Crippen LogP contribution in [0.1, 0.15) is 13.8 Å². The molecule has 0 rings (SSSR count). The number of nitrogens with one attached hydrogen (secondary N) is 1. The van der Waals surface area contributed by atoms with E-state index in [0.29, 0.717) is 5.03 Å². The van der Waals surface area contributed by atoms with E-state index < -0.39 is 4.93 Å². The average Bonchev–Trinajstić information content (AvgIpc) is 1.62. The summed E-state index contributed by atoms with van der Waals surface area (Å²) in [5.41, 5.74) is 6.48. The molecule has 0 bridgehead atoms. The smallest absolute Gasteiger partial charge is 0.114 e. The van der Waals surface area contributed by atoms with E-state index in [1.54, 1.807) is 13.8 Å². The molecule has 0 aromatic rings. The number of hydrogen-bond acceptors (Lipinski definition) is 4. The minimum atomic E-state index is -0.873. The molecule has 4 heteroatoms. The molecule has 0 amide bonds. The molecule has 3 nitrogen and oxygen atoms in total. The van der Waals surface area contributed by atoms with Crippen molar-refractivity contribution in [1.82, 2.24) is 0 Å². The van der Waals surface area contributed by atoms with E-state index in [4.69, 9.17) is 10.6 Å². The van der Waals surface area contributed by atoms with Gasteiger partial charge in [0, 0.05) is 0 Å². The van der Waals surface area contributed by atoms with Crippen LogP contribution in [0.4, 0.5) is 0 Å². The zero-order chi connectivity index (χ0) is 7.49. The first-order valence-corrected chi connectivity index (χ1v) is 3.25. The summed E-state index contributed by atoms with van der Waals surface area (Å²) in [5, 5.41) is 12.4. The van der Waals surface area contributed by atoms with E-state index in [2.05, 4.69) is 11.7 Å². The summed E-state index contributed by atoms with van der Waals surface area (Å²) in [7, 11) is 0. The number of nitrogens with zero attached hydrogens (tertiary/aromatic N) is 1. The molecule has 0 heterocycles. The highest BCUT2D eigenvalue weighted by molar-refractivity contribution is 8.04. The molecule has 2 N–H and O–H groups in total. The second-order valence-electron chi connectivity index (χ2n) is 2.05. The molecule has 0 atom stereocenters. The largest absolute Gasteiger partial charge is 0.380 e. The van der Waals surface area contributed by atoms with Gasteiger partial charge >= 0.3 is 0 Å². The van der Waals surface area contributed by atoms with Crippen LogP contribution in [0, 0.1) is 5.53 Å². The van der Waals surface area contributed by atoms with E-state index >= 15 is 0 Å². The van der Waals surface area contributed by atoms with Crippen LogP contribution in [-0.4, -0.2) is 10.0 Å². The normalized spacial score (nSPS) is 11.0. The standard InChI is InChI=1S/C5H10N2OS/c1-4(7-6)9-5(2,3)8/h6,8H,1H2,2-3H3. The molecule has 9 heavy (non-hydrogen) atoms. The molecule has 0 aromatic heterocycles. The summed E-state index contributed by atoms with van der Waals surface area (Å²) in [4.78, 5) is -0.873. The Kier molecular flexibility index (Phi) is 2.87. The number of thioether (sulfide) groups is 1. The lowest BCUT2D eigenvalue weighted by molar-refractivity contribution is 0.180. The summed E-state index contributed by atoms with van der Waals surface area (Å²) in [6, 6.07) is 0. The van der Waals surface area contributed by atoms with Gasteiger partial charge in [-0.1, -0.05) is 18.3 Å². The van der Waals surface area contributed by atoms with Crippen molar-refractivity contribution in [1.29, 1.82) is 5.53 Å². The third-order valence-electron chi connectivity index (χ3n) is 0.492. The Balaban J connectivity index is 3.74. The van der Waals surface area contributed by atoms with Crippen molar-refractivity contribution in [2.24, 2.45) is 5.11 Å². The van der Waals surface area contributed by atoms with Crippen molar-refractivity contribution < 1.29 is 5.11 Å². The molecule has 0 fully saturated rings. The summed E-state index contributed by atoms with van der Waals surface area (Å²) in [6.45, 7) is 6.65. The van der Waals surface area contributed by atoms with Gasteiger partial charge in [0.1, 0.15) is 9.96 Å². The first-order valence-electron chi connectivity index (χ1n) is 2.43. The molecule has 0 unspecified atom stereocenters. The first-order chi connectivity index (χ1) is 3.95. The molecule has 0 aliphatic rings. The maximum Gasteiger partial charge on any atom is 0.114 e. The van der Waals surface area contributed by atoms with Gasteiger partial charge in [-0.25, -0.2) is 5.53 Å². The summed E-state index contributed by atoms with van der Waals surface area (Å²) >= 11 is 1.06. The van der Waals surface area contributed by atoms with Gasteiger partial charge in [-0.05, 0) is 13.8 Å². The maximum absolute atomic E-state index is 9.08. The molecule has 0 spiro atoms. The van der Waals surface area contributed by atoms with Crippen molar-refractivity contribution in [2.45, 2.75) is 18.8 Å². The van der Waals surface area contributed by atoms with Gasteiger partial charge in [-0.2, -0.15) is 5.11 Å². The molecule has 52 valence electrons. The summed E-state index contributed by atoms with van der Waals surface area (Å²) in [5.74, 6) is 0. The minimum Gasteiger partial charge on any atom is -0.380 e. The van der Waals surface area contributed by atoms with Crippen LogP contribution in [0.5, 0.6) is 0 Å². The molecule has 0 saturated carbocycles. The van der Waals surface area contributed by atoms with E-state index in [0.717, 1.165) is 11.8 Å². The predicted octanol–water partition coefficient (Wildman–Crippen LogP) is 1.95. The van der Waals surface area contributed by atoms with Crippen LogP contribution >= 0.6 is 11.8 Å². The lowest BCUT2D eigenvalue weighted by atomic mass is 10.5. The zero-order valence-electron chi connectivity index (χ0n) is 5.51. The predicted molar refractivity (Wildman–Crippen MR) is 38.2 cm³/mol. The van der Waals surface area contributed by atoms with Crippen LogP contribution in [0.3, 0.4) is 0 Å². The van der Waals surface area contributed by atoms with E-state index in [1.807, 2.05) is 0 Å². The van der Waals surface area contributed by atoms with Crippen molar-refractivity contribution in [3.63, 3.8) is 0 Å². The highest BCUT2D eigenvalue weighted by Gasteiger charge is 2.13. The maximum atomic E-state index is 9.08. The Morgan fingerprint density at radius 2 is 2.22 bits per heavy atom. The zero-order valence-corrected chi connectivity index (χ0v) is 6.33. The van der Waals surface area contributed by atoms with Gasteiger partial charge in [-0.3, -0.25) is 0 Å². The minimum absolute atomic E-state index is 0.322. The average molecular weight is 146 g/mol. The van der Waals surface area contributed by atoms with Gasteiger partial charge in [0.05, 0.1) is 0 Å². The van der Waals surface area contributed by atoms with Gasteiger partial charge in [0.15, 0.2) is 0 Å². The third-order valence-corrected chi connectivity index (χ3v) is 1.32. The monoisotopic (exact) mass is 146 g/mol. The second-order valence-corrected chi connectivity index (χ2v) is 3.73. The topological polar surface area (TPSA) is 56.4 Å². The third kappa shape index (κ3) is 5.52. The Morgan fingerprint density at radius 3 is 2.33 bits per heavy atom. The Bertz CT molecular complexity index is 127. The molecular weight excluding hydrogens is 136 g/mol. The summed E-state index contributed by atoms with van der Waals surface area (Å²) in [6.07, 6.45) is 0. The Morgan fingerprint density at radius 1 is 1.78 bits per heavy atom. The lowest BCUT2D eigenvalue weighted by Crippen LogP contribution is -2.11. The van der Waals surface area contributed by atoms with Gasteiger partial charge < -0.3 is 5.11 Å². The fourth-order valence-electron chi connectivity index (χ4n) is 0.311. The molecular formula is C5H10N2OS. The van der Waals surface area contributed by atoms with Crippen LogP contribution in [0.2, 0.25) is 0 Å². The van der Waals surface area contributed by atoms with Crippen molar-refractivity contribution >= 4 is 11.8 Å². The fourth-order valence-corrected chi connectivity index (χ4v) is 0.933. The quantitative estimate of drug-likeness (QED) is 0.472. The van der Waals surface area contributed by atoms with Gasteiger partial charge in [0.2, 0.25) is 0 Å². The molecule has 0 aromatic carbocycles. The van der Waals surface area contributed by atoms with Gasteiger partial charge in [-0.15, -0.1) is 0 Å².